The van der Waals surface area contributed by atoms with Gasteiger partial charge < -0.3 is 4.98 Å². The molecule has 16 heavy (non-hydrogen) atoms. The number of nitrogens with zero attached hydrogens (tertiary/aromatic N) is 1. The zero-order chi connectivity index (χ0) is 11.7. The topological polar surface area (TPSA) is 114 Å². The Morgan fingerprint density at radius 1 is 1.50 bits per heavy atom. The Labute approximate surface area is 89.4 Å². The molecule has 0 spiro atoms. The maximum absolute atomic E-state index is 11.2. The van der Waals surface area contributed by atoms with E-state index in [1.165, 1.54) is 12.1 Å². The highest BCUT2D eigenvalue weighted by molar-refractivity contribution is 5.99. The molecule has 2 rings (SSSR count). The van der Waals surface area contributed by atoms with Gasteiger partial charge >= 0.3 is 0 Å². The summed E-state index contributed by atoms with van der Waals surface area (Å²) in [6, 6.07) is 6.10. The number of non-ortho nitro benzene ring substituents is 1. The number of nitro benzene ring substituents is 1. The summed E-state index contributed by atoms with van der Waals surface area (Å²) in [4.78, 5) is 24.1. The number of fused-ring (bicyclic) bond motifs is 1. The van der Waals surface area contributed by atoms with Crippen LogP contribution in [-0.2, 0) is 0 Å². The number of carbonyl (C=O) groups excluding carboxylic acids is 1. The molecule has 0 saturated carbocycles. The van der Waals surface area contributed by atoms with Crippen LogP contribution >= 0.6 is 0 Å². The number of nitrogen functional groups attached to an aromatic ring is 1. The van der Waals surface area contributed by atoms with Gasteiger partial charge in [-0.3, -0.25) is 20.3 Å². The van der Waals surface area contributed by atoms with Gasteiger partial charge in [-0.05, 0) is 6.07 Å². The standard InChI is InChI=1S/C9H8N4O3/c10-12-9(14)6-4-5-2-1-3-7(13(15)16)8(5)11-6/h1-4,11H,10H2,(H,12,14). The summed E-state index contributed by atoms with van der Waals surface area (Å²) in [5.74, 6) is 4.45. The van der Waals surface area contributed by atoms with E-state index in [1.54, 1.807) is 12.1 Å². The third-order valence-electron chi connectivity index (χ3n) is 2.21. The molecule has 0 bridgehead atoms. The SMILES string of the molecule is NNC(=O)c1cc2cccc([N+](=O)[O-])c2[nH]1. The van der Waals surface area contributed by atoms with Crippen molar-refractivity contribution in [1.29, 1.82) is 0 Å². The van der Waals surface area contributed by atoms with E-state index in [2.05, 4.69) is 4.98 Å². The number of nitro groups is 1. The average molecular weight is 220 g/mol. The van der Waals surface area contributed by atoms with Gasteiger partial charge in [-0.15, -0.1) is 0 Å². The van der Waals surface area contributed by atoms with Crippen LogP contribution in [0.3, 0.4) is 0 Å². The number of aromatic nitrogens is 1. The van der Waals surface area contributed by atoms with Crippen molar-refractivity contribution in [2.75, 3.05) is 0 Å². The first kappa shape index (κ1) is 10.1. The number of nitrogens with one attached hydrogen (secondary N) is 2. The number of hydrogen-bond acceptors (Lipinski definition) is 4. The first-order valence-corrected chi connectivity index (χ1v) is 4.40. The quantitative estimate of drug-likeness (QED) is 0.299. The molecule has 0 aliphatic carbocycles. The molecule has 0 fully saturated rings. The van der Waals surface area contributed by atoms with E-state index in [0.29, 0.717) is 10.9 Å². The zero-order valence-electron chi connectivity index (χ0n) is 8.06. The zero-order valence-corrected chi connectivity index (χ0v) is 8.06. The number of H-pyrrole nitrogens is 1. The van der Waals surface area contributed by atoms with Gasteiger partial charge in [0.25, 0.3) is 11.6 Å². The molecule has 1 amide bonds. The third kappa shape index (κ3) is 1.48. The number of hydrazine groups is 1. The Bertz CT molecular complexity index is 575. The smallest absolute Gasteiger partial charge is 0.293 e. The van der Waals surface area contributed by atoms with Crippen LogP contribution in [0.1, 0.15) is 10.5 Å². The van der Waals surface area contributed by atoms with Crippen LogP contribution in [0.4, 0.5) is 5.69 Å². The van der Waals surface area contributed by atoms with Crippen molar-refractivity contribution >= 4 is 22.5 Å². The molecule has 0 saturated heterocycles. The fourth-order valence-corrected chi connectivity index (χ4v) is 1.49. The summed E-state index contributed by atoms with van der Waals surface area (Å²) in [5.41, 5.74) is 2.37. The van der Waals surface area contributed by atoms with Gasteiger partial charge in [0.15, 0.2) is 0 Å². The van der Waals surface area contributed by atoms with Crippen molar-refractivity contribution in [3.05, 3.63) is 40.1 Å². The number of rotatable bonds is 2. The van der Waals surface area contributed by atoms with Crippen LogP contribution < -0.4 is 11.3 Å². The van der Waals surface area contributed by atoms with Crippen molar-refractivity contribution in [3.8, 4) is 0 Å². The van der Waals surface area contributed by atoms with Crippen molar-refractivity contribution in [2.24, 2.45) is 5.84 Å². The molecule has 0 unspecified atom stereocenters. The van der Waals surface area contributed by atoms with E-state index < -0.39 is 10.8 Å². The number of para-hydroxylation sites is 1. The molecule has 1 aromatic carbocycles. The fourth-order valence-electron chi connectivity index (χ4n) is 1.49. The molecule has 2 aromatic rings. The highest BCUT2D eigenvalue weighted by Gasteiger charge is 2.15. The van der Waals surface area contributed by atoms with Crippen LogP contribution in [0, 0.1) is 10.1 Å². The van der Waals surface area contributed by atoms with E-state index >= 15 is 0 Å². The molecule has 7 nitrogen and oxygen atoms in total. The van der Waals surface area contributed by atoms with Crippen LogP contribution in [0.25, 0.3) is 10.9 Å². The van der Waals surface area contributed by atoms with Crippen molar-refractivity contribution in [2.45, 2.75) is 0 Å². The summed E-state index contributed by atoms with van der Waals surface area (Å²) in [7, 11) is 0. The second kappa shape index (κ2) is 3.63. The Morgan fingerprint density at radius 3 is 2.88 bits per heavy atom. The maximum atomic E-state index is 11.2. The lowest BCUT2D eigenvalue weighted by molar-refractivity contribution is -0.383. The highest BCUT2D eigenvalue weighted by Crippen LogP contribution is 2.25. The van der Waals surface area contributed by atoms with E-state index in [9.17, 15) is 14.9 Å². The lowest BCUT2D eigenvalue weighted by atomic mass is 10.2. The van der Waals surface area contributed by atoms with E-state index in [-0.39, 0.29) is 11.4 Å². The molecule has 1 heterocycles. The first-order valence-electron chi connectivity index (χ1n) is 4.40. The fraction of sp³-hybridized carbons (Fsp3) is 0. The average Bonchev–Trinajstić information content (AvgIpc) is 2.70. The molecule has 1 aromatic heterocycles. The van der Waals surface area contributed by atoms with Crippen LogP contribution in [0.2, 0.25) is 0 Å². The number of amides is 1. The molecule has 82 valence electrons. The van der Waals surface area contributed by atoms with Crippen LogP contribution in [0.15, 0.2) is 24.3 Å². The lowest BCUT2D eigenvalue weighted by Crippen LogP contribution is -2.30. The lowest BCUT2D eigenvalue weighted by Gasteiger charge is -1.93. The maximum Gasteiger partial charge on any atom is 0.293 e. The van der Waals surface area contributed by atoms with Gasteiger partial charge in [0.05, 0.1) is 4.92 Å². The van der Waals surface area contributed by atoms with Gasteiger partial charge in [0.1, 0.15) is 11.2 Å². The molecule has 0 radical (unpaired) electrons. The molecule has 0 aliphatic heterocycles. The summed E-state index contributed by atoms with van der Waals surface area (Å²) in [5, 5.41) is 11.3. The van der Waals surface area contributed by atoms with E-state index in [4.69, 9.17) is 5.84 Å². The third-order valence-corrected chi connectivity index (χ3v) is 2.21. The molecule has 4 N–H and O–H groups in total. The van der Waals surface area contributed by atoms with Gasteiger partial charge in [-0.1, -0.05) is 12.1 Å². The molecule has 0 aliphatic rings. The van der Waals surface area contributed by atoms with E-state index in [0.717, 1.165) is 0 Å². The number of benzene rings is 1. The monoisotopic (exact) mass is 220 g/mol. The second-order valence-electron chi connectivity index (χ2n) is 3.15. The van der Waals surface area contributed by atoms with Crippen LogP contribution in [-0.4, -0.2) is 15.8 Å². The molecule has 7 heteroatoms. The highest BCUT2D eigenvalue weighted by atomic mass is 16.6. The number of nitrogens with two attached hydrogens (primary N) is 1. The predicted octanol–water partition coefficient (Wildman–Crippen LogP) is 0.680. The Morgan fingerprint density at radius 2 is 2.25 bits per heavy atom. The van der Waals surface area contributed by atoms with Gasteiger partial charge in [0.2, 0.25) is 0 Å². The molecular weight excluding hydrogens is 212 g/mol. The number of carbonyl (C=O) groups is 1. The number of aromatic amines is 1. The first-order chi connectivity index (χ1) is 7.63. The minimum absolute atomic E-state index is 0.0754. The van der Waals surface area contributed by atoms with Crippen LogP contribution in [0.5, 0.6) is 0 Å². The Kier molecular flexibility index (Phi) is 2.29. The normalized spacial score (nSPS) is 10.3. The molecule has 0 atom stereocenters. The Hall–Kier alpha value is -2.41. The Balaban J connectivity index is 2.65. The number of hydrogen-bond donors (Lipinski definition) is 3. The minimum atomic E-state index is -0.523. The van der Waals surface area contributed by atoms with Gasteiger partial charge in [0, 0.05) is 11.5 Å². The van der Waals surface area contributed by atoms with E-state index in [1.807, 2.05) is 5.43 Å². The van der Waals surface area contributed by atoms with Crippen molar-refractivity contribution in [1.82, 2.24) is 10.4 Å². The molecular formula is C9H8N4O3. The van der Waals surface area contributed by atoms with Gasteiger partial charge in [-0.2, -0.15) is 0 Å². The minimum Gasteiger partial charge on any atom is -0.345 e. The summed E-state index contributed by atoms with van der Waals surface area (Å²) >= 11 is 0. The second-order valence-corrected chi connectivity index (χ2v) is 3.15. The van der Waals surface area contributed by atoms with Crippen molar-refractivity contribution < 1.29 is 9.72 Å². The van der Waals surface area contributed by atoms with Crippen molar-refractivity contribution in [3.63, 3.8) is 0 Å². The predicted molar refractivity (Wildman–Crippen MR) is 56.6 cm³/mol. The summed E-state index contributed by atoms with van der Waals surface area (Å²) in [6.45, 7) is 0. The summed E-state index contributed by atoms with van der Waals surface area (Å²) in [6.07, 6.45) is 0. The largest absolute Gasteiger partial charge is 0.345 e. The van der Waals surface area contributed by atoms with Gasteiger partial charge in [-0.25, -0.2) is 5.84 Å². The summed E-state index contributed by atoms with van der Waals surface area (Å²) < 4.78 is 0.